The van der Waals surface area contributed by atoms with Crippen LogP contribution in [-0.4, -0.2) is 11.6 Å². The van der Waals surface area contributed by atoms with Crippen LogP contribution in [0.2, 0.25) is 0 Å². The molecule has 1 aromatic heterocycles. The molecule has 0 aliphatic heterocycles. The first-order valence-electron chi connectivity index (χ1n) is 6.52. The van der Waals surface area contributed by atoms with E-state index in [2.05, 4.69) is 10.3 Å². The monoisotopic (exact) mass is 275 g/mol. The summed E-state index contributed by atoms with van der Waals surface area (Å²) in [5.74, 6) is 0.740. The molecule has 1 aromatic carbocycles. The predicted octanol–water partition coefficient (Wildman–Crippen LogP) is 3.37. The van der Waals surface area contributed by atoms with Crippen molar-refractivity contribution >= 4 is 11.5 Å². The summed E-state index contributed by atoms with van der Waals surface area (Å²) in [5.41, 5.74) is 6.84. The largest absolute Gasteiger partial charge is 0.476 e. The predicted molar refractivity (Wildman–Crippen MR) is 78.3 cm³/mol. The fourth-order valence-electron chi connectivity index (χ4n) is 1.91. The van der Waals surface area contributed by atoms with Gasteiger partial charge in [0.1, 0.15) is 11.6 Å². The van der Waals surface area contributed by atoms with E-state index in [1.807, 2.05) is 13.8 Å². The third kappa shape index (κ3) is 3.17. The maximum atomic E-state index is 13.7. The van der Waals surface area contributed by atoms with Gasteiger partial charge in [0.15, 0.2) is 0 Å². The molecular formula is C15H18FN3O. The summed E-state index contributed by atoms with van der Waals surface area (Å²) in [6, 6.07) is 9.91. The molecule has 1 atom stereocenters. The molecule has 0 aliphatic carbocycles. The van der Waals surface area contributed by atoms with Crippen molar-refractivity contribution in [1.82, 2.24) is 4.98 Å². The van der Waals surface area contributed by atoms with E-state index in [1.165, 1.54) is 6.07 Å². The molecule has 4 nitrogen and oxygen atoms in total. The number of halogens is 1. The van der Waals surface area contributed by atoms with Gasteiger partial charge in [0.05, 0.1) is 18.3 Å². The lowest BCUT2D eigenvalue weighted by Gasteiger charge is -2.16. The summed E-state index contributed by atoms with van der Waals surface area (Å²) in [6.45, 7) is 4.23. The molecule has 0 aliphatic rings. The number of benzene rings is 1. The Hall–Kier alpha value is -2.30. The molecule has 5 heteroatoms. The smallest absolute Gasteiger partial charge is 0.239 e. The van der Waals surface area contributed by atoms with E-state index in [4.69, 9.17) is 10.5 Å². The van der Waals surface area contributed by atoms with Gasteiger partial charge in [-0.25, -0.2) is 4.39 Å². The number of aromatic nitrogens is 1. The van der Waals surface area contributed by atoms with Gasteiger partial charge in [-0.15, -0.1) is 0 Å². The van der Waals surface area contributed by atoms with Crippen LogP contribution in [0.25, 0.3) is 0 Å². The van der Waals surface area contributed by atoms with E-state index >= 15 is 0 Å². The topological polar surface area (TPSA) is 60.2 Å². The van der Waals surface area contributed by atoms with Gasteiger partial charge < -0.3 is 15.8 Å². The highest BCUT2D eigenvalue weighted by Crippen LogP contribution is 2.24. The van der Waals surface area contributed by atoms with Gasteiger partial charge in [0, 0.05) is 5.56 Å². The van der Waals surface area contributed by atoms with Crippen LogP contribution >= 0.6 is 0 Å². The van der Waals surface area contributed by atoms with E-state index in [0.29, 0.717) is 29.6 Å². The molecule has 3 N–H and O–H groups in total. The van der Waals surface area contributed by atoms with Gasteiger partial charge in [0.2, 0.25) is 5.88 Å². The third-order valence-electron chi connectivity index (χ3n) is 2.91. The Labute approximate surface area is 117 Å². The van der Waals surface area contributed by atoms with Gasteiger partial charge in [-0.3, -0.25) is 0 Å². The zero-order valence-corrected chi connectivity index (χ0v) is 11.6. The Morgan fingerprint density at radius 1 is 1.30 bits per heavy atom. The Kier molecular flexibility index (Phi) is 4.40. The van der Waals surface area contributed by atoms with Crippen molar-refractivity contribution in [3.05, 3.63) is 47.8 Å². The zero-order chi connectivity index (χ0) is 14.5. The normalized spacial score (nSPS) is 11.9. The second-order valence-electron chi connectivity index (χ2n) is 4.41. The van der Waals surface area contributed by atoms with Gasteiger partial charge in [0.25, 0.3) is 0 Å². The average Bonchev–Trinajstić information content (AvgIpc) is 2.43. The van der Waals surface area contributed by atoms with E-state index in [-0.39, 0.29) is 11.9 Å². The van der Waals surface area contributed by atoms with Gasteiger partial charge in [-0.05, 0) is 32.0 Å². The molecule has 1 heterocycles. The zero-order valence-electron chi connectivity index (χ0n) is 11.6. The van der Waals surface area contributed by atoms with Crippen molar-refractivity contribution in [1.29, 1.82) is 0 Å². The molecule has 0 bridgehead atoms. The standard InChI is InChI=1S/C15H18FN3O/c1-3-20-15-13(17)8-9-14(19-15)18-10(2)11-6-4-5-7-12(11)16/h4-10H,3,17H2,1-2H3,(H,18,19). The van der Waals surface area contributed by atoms with Crippen LogP contribution in [0.5, 0.6) is 5.88 Å². The van der Waals surface area contributed by atoms with Crippen LogP contribution in [0.3, 0.4) is 0 Å². The third-order valence-corrected chi connectivity index (χ3v) is 2.91. The molecule has 0 spiro atoms. The number of pyridine rings is 1. The minimum Gasteiger partial charge on any atom is -0.476 e. The summed E-state index contributed by atoms with van der Waals surface area (Å²) in [6.07, 6.45) is 0. The van der Waals surface area contributed by atoms with Crippen molar-refractivity contribution in [3.63, 3.8) is 0 Å². The van der Waals surface area contributed by atoms with E-state index in [1.54, 1.807) is 30.3 Å². The van der Waals surface area contributed by atoms with Crippen molar-refractivity contribution < 1.29 is 9.13 Å². The number of hydrogen-bond acceptors (Lipinski definition) is 4. The van der Waals surface area contributed by atoms with Crippen LogP contribution in [0.4, 0.5) is 15.9 Å². The fourth-order valence-corrected chi connectivity index (χ4v) is 1.91. The second kappa shape index (κ2) is 6.23. The first kappa shape index (κ1) is 14.1. The number of rotatable bonds is 5. The Balaban J connectivity index is 2.17. The first-order valence-corrected chi connectivity index (χ1v) is 6.52. The summed E-state index contributed by atoms with van der Waals surface area (Å²) >= 11 is 0. The lowest BCUT2D eigenvalue weighted by Crippen LogP contribution is -2.10. The highest BCUT2D eigenvalue weighted by molar-refractivity contribution is 5.54. The van der Waals surface area contributed by atoms with Crippen molar-refractivity contribution in [2.24, 2.45) is 0 Å². The molecule has 0 amide bonds. The maximum absolute atomic E-state index is 13.7. The van der Waals surface area contributed by atoms with Gasteiger partial charge >= 0.3 is 0 Å². The molecule has 0 saturated heterocycles. The minimum absolute atomic E-state index is 0.207. The average molecular weight is 275 g/mol. The Morgan fingerprint density at radius 3 is 2.75 bits per heavy atom. The van der Waals surface area contributed by atoms with Crippen molar-refractivity contribution in [2.75, 3.05) is 17.7 Å². The quantitative estimate of drug-likeness (QED) is 0.878. The SMILES string of the molecule is CCOc1nc(NC(C)c2ccccc2F)ccc1N. The number of hydrogen-bond donors (Lipinski definition) is 2. The summed E-state index contributed by atoms with van der Waals surface area (Å²) in [7, 11) is 0. The summed E-state index contributed by atoms with van der Waals surface area (Å²) in [5, 5.41) is 3.14. The van der Waals surface area contributed by atoms with Gasteiger partial charge in [-0.2, -0.15) is 4.98 Å². The molecule has 106 valence electrons. The van der Waals surface area contributed by atoms with Crippen LogP contribution < -0.4 is 15.8 Å². The number of nitrogens with zero attached hydrogens (tertiary/aromatic N) is 1. The molecule has 20 heavy (non-hydrogen) atoms. The molecule has 0 saturated carbocycles. The van der Waals surface area contributed by atoms with Crippen molar-refractivity contribution in [3.8, 4) is 5.88 Å². The van der Waals surface area contributed by atoms with Gasteiger partial charge in [-0.1, -0.05) is 18.2 Å². The first-order chi connectivity index (χ1) is 9.61. The molecule has 2 rings (SSSR count). The summed E-state index contributed by atoms with van der Waals surface area (Å²) < 4.78 is 19.0. The molecule has 2 aromatic rings. The number of anilines is 2. The van der Waals surface area contributed by atoms with Crippen LogP contribution in [0.1, 0.15) is 25.5 Å². The second-order valence-corrected chi connectivity index (χ2v) is 4.41. The van der Waals surface area contributed by atoms with Crippen LogP contribution in [-0.2, 0) is 0 Å². The van der Waals surface area contributed by atoms with Crippen molar-refractivity contribution in [2.45, 2.75) is 19.9 Å². The molecule has 0 fully saturated rings. The van der Waals surface area contributed by atoms with Crippen LogP contribution in [0, 0.1) is 5.82 Å². The number of nitrogens with two attached hydrogens (primary N) is 1. The van der Waals surface area contributed by atoms with E-state index < -0.39 is 0 Å². The number of nitrogens with one attached hydrogen (secondary N) is 1. The highest BCUT2D eigenvalue weighted by Gasteiger charge is 2.11. The summed E-state index contributed by atoms with van der Waals surface area (Å²) in [4.78, 5) is 4.28. The molecule has 0 radical (unpaired) electrons. The minimum atomic E-state index is -0.243. The number of nitrogen functional groups attached to an aromatic ring is 1. The maximum Gasteiger partial charge on any atom is 0.239 e. The lowest BCUT2D eigenvalue weighted by molar-refractivity contribution is 0.329. The highest BCUT2D eigenvalue weighted by atomic mass is 19.1. The molecule has 1 unspecified atom stereocenters. The van der Waals surface area contributed by atoms with E-state index in [0.717, 1.165) is 0 Å². The van der Waals surface area contributed by atoms with Crippen LogP contribution in [0.15, 0.2) is 36.4 Å². The molecular weight excluding hydrogens is 257 g/mol. The Morgan fingerprint density at radius 2 is 2.05 bits per heavy atom. The fraction of sp³-hybridized carbons (Fsp3) is 0.267. The lowest BCUT2D eigenvalue weighted by atomic mass is 10.1. The Bertz CT molecular complexity index is 589. The number of ether oxygens (including phenoxy) is 1. The van der Waals surface area contributed by atoms with E-state index in [9.17, 15) is 4.39 Å².